The number of alkyl halides is 4. The van der Waals surface area contributed by atoms with Crippen molar-refractivity contribution in [2.24, 2.45) is 35.5 Å². The lowest BCUT2D eigenvalue weighted by Gasteiger charge is -2.38. The van der Waals surface area contributed by atoms with Crippen molar-refractivity contribution in [3.05, 3.63) is 0 Å². The van der Waals surface area contributed by atoms with Crippen molar-refractivity contribution in [1.29, 1.82) is 0 Å². The van der Waals surface area contributed by atoms with Crippen LogP contribution in [0.15, 0.2) is 0 Å². The van der Waals surface area contributed by atoms with Crippen molar-refractivity contribution in [2.45, 2.75) is 217 Å². The van der Waals surface area contributed by atoms with Crippen LogP contribution in [0.5, 0.6) is 0 Å². The first-order chi connectivity index (χ1) is 41.3. The molecule has 26 heteroatoms. The number of terminal acetylenes is 1. The Morgan fingerprint density at radius 2 is 1.18 bits per heavy atom. The molecule has 2 saturated carbocycles. The topological polar surface area (TPSA) is 259 Å². The van der Waals surface area contributed by atoms with Crippen LogP contribution in [-0.4, -0.2) is 226 Å². The number of rotatable bonds is 11. The van der Waals surface area contributed by atoms with Gasteiger partial charge in [-0.2, -0.15) is 13.2 Å². The first-order valence-electron chi connectivity index (χ1n) is 31.4. The van der Waals surface area contributed by atoms with Crippen molar-refractivity contribution in [3.63, 3.8) is 0 Å². The van der Waals surface area contributed by atoms with Crippen LogP contribution in [0.25, 0.3) is 0 Å². The van der Waals surface area contributed by atoms with E-state index in [-0.39, 0.29) is 85.9 Å². The van der Waals surface area contributed by atoms with Gasteiger partial charge in [-0.15, -0.1) is 12.3 Å². The maximum atomic E-state index is 14.7. The number of halogens is 4. The number of nitrogens with one attached hydrogen (secondary N) is 4. The van der Waals surface area contributed by atoms with E-state index < -0.39 is 156 Å². The van der Waals surface area contributed by atoms with Crippen LogP contribution in [0.4, 0.5) is 13.2 Å². The number of amides is 11. The quantitative estimate of drug-likeness (QED) is 0.125. The number of hydrogen-bond donors (Lipinski definition) is 4. The summed E-state index contributed by atoms with van der Waals surface area (Å²) in [5.41, 5.74) is -1.68. The summed E-state index contributed by atoms with van der Waals surface area (Å²) in [7, 11) is 9.65. The van der Waals surface area contributed by atoms with Gasteiger partial charge >= 0.3 is 6.18 Å². The Balaban J connectivity index is 2.18. The van der Waals surface area contributed by atoms with Gasteiger partial charge in [0.1, 0.15) is 41.8 Å². The lowest BCUT2D eigenvalue weighted by atomic mass is 9.78. The first kappa shape index (κ1) is 77.5. The van der Waals surface area contributed by atoms with E-state index in [1.54, 1.807) is 13.8 Å². The Labute approximate surface area is 539 Å². The smallest absolute Gasteiger partial charge is 0.343 e. The molecule has 2 unspecified atom stereocenters. The number of nitrogens with zero attached hydrogens (tertiary/aromatic N) is 7. The van der Waals surface area contributed by atoms with Gasteiger partial charge in [-0.25, -0.2) is 0 Å². The van der Waals surface area contributed by atoms with Crippen LogP contribution in [0.2, 0.25) is 0 Å². The molecule has 3 fully saturated rings. The molecule has 0 aromatic rings. The highest BCUT2D eigenvalue weighted by atomic mass is 127. The predicted molar refractivity (Wildman–Crippen MR) is 340 cm³/mol. The molecular weight excluding hydrogens is 1270 g/mol. The summed E-state index contributed by atoms with van der Waals surface area (Å²) in [5, 5.41) is 11.2. The normalized spacial score (nSPS) is 29.2. The minimum Gasteiger partial charge on any atom is -0.343 e. The molecule has 3 rings (SSSR count). The summed E-state index contributed by atoms with van der Waals surface area (Å²) in [6.07, 6.45) is 4.72. The molecule has 89 heavy (non-hydrogen) atoms. The van der Waals surface area contributed by atoms with Gasteiger partial charge in [-0.05, 0) is 115 Å². The summed E-state index contributed by atoms with van der Waals surface area (Å²) in [6.45, 7) is 13.8. The molecule has 0 aromatic heterocycles. The van der Waals surface area contributed by atoms with Crippen LogP contribution < -0.4 is 21.3 Å². The minimum absolute atomic E-state index is 0.0434. The van der Waals surface area contributed by atoms with Gasteiger partial charge in [0.05, 0.1) is 25.6 Å². The molecule has 10 atom stereocenters. The van der Waals surface area contributed by atoms with Crippen molar-refractivity contribution in [3.8, 4) is 12.3 Å². The molecule has 0 spiro atoms. The molecular formula is C63H103F3IN11O11. The van der Waals surface area contributed by atoms with Gasteiger partial charge in [0, 0.05) is 72.1 Å². The standard InChI is InChI=1S/C63H103F3IN11O11/c1-18-21-45-58(86)78(17)62(9,10)61(89)70-47(28-37(3)4)57(85)75(14)40(8)30-51(80)76(15)48(29-38(5)6)56(84)71-54(39(7)19-2)60(88)74(13)35-52(81)72(11)36-53(82)77(16)49(33-41-24-26-43(27-25-41)63(64,65)66)59(87)73(12)34-50(79)68-46(55(83)69-45)32-42-22-20-23-44(67)31-42/h1,37-49,54H,19-36H2,2-17H3,(H,68,79)(H,69,83)(H,70,89)(H,71,84)/t39-,40+,41?,42?,43?,44?,45-,46-,47-,48-,49-,54-/m0/s1. The van der Waals surface area contributed by atoms with Crippen LogP contribution in [0.1, 0.15) is 159 Å². The fourth-order valence-corrected chi connectivity index (χ4v) is 12.9. The lowest BCUT2D eigenvalue weighted by Crippen LogP contribution is -2.63. The zero-order chi connectivity index (χ0) is 67.7. The Bertz CT molecular complexity index is 2540. The number of likely N-dealkylation sites (N-methyl/N-ethyl adjacent to an activating group) is 7. The maximum Gasteiger partial charge on any atom is 0.391 e. The minimum atomic E-state index is -4.41. The molecule has 0 radical (unpaired) electrons. The second kappa shape index (κ2) is 34.6. The van der Waals surface area contributed by atoms with Crippen LogP contribution >= 0.6 is 22.6 Å². The highest BCUT2D eigenvalue weighted by molar-refractivity contribution is 14.1. The van der Waals surface area contributed by atoms with Crippen LogP contribution in [0.3, 0.4) is 0 Å². The van der Waals surface area contributed by atoms with Gasteiger partial charge in [-0.1, -0.05) is 83.4 Å². The highest BCUT2D eigenvalue weighted by Crippen LogP contribution is 2.41. The highest BCUT2D eigenvalue weighted by Gasteiger charge is 2.45. The average molecular weight is 1370 g/mol. The van der Waals surface area contributed by atoms with Gasteiger partial charge < -0.3 is 55.6 Å². The fraction of sp³-hybridized carbons (Fsp3) is 0.794. The SMILES string of the molecule is C#CC[C@@H]1NC(=O)[C@H](CC2CCCC(I)C2)NC(=O)CN(C)C(=O)[C@H](CC2CCC(C(F)(F)F)CC2)N(C)C(=O)CN(C)C(=O)CN(C)C(=O)[C@H]([C@@H](C)CC)NC(=O)[C@H](CC(C)C)N(C)C(=O)C[C@@H](C)N(C)C(=O)[C@H](CC(C)C)NC(=O)C(C)(C)N(C)C1=O. The number of hydrogen-bond acceptors (Lipinski definition) is 11. The number of carbonyl (C=O) groups excluding carboxylic acids is 11. The molecule has 11 amide bonds. The summed E-state index contributed by atoms with van der Waals surface area (Å²) < 4.78 is 41.7. The summed E-state index contributed by atoms with van der Waals surface area (Å²) in [6, 6.07) is -8.18. The average Bonchev–Trinajstić information content (AvgIpc) is 3.61. The van der Waals surface area contributed by atoms with Crippen LogP contribution in [0, 0.1) is 47.9 Å². The third-order valence-corrected chi connectivity index (χ3v) is 19.5. The van der Waals surface area contributed by atoms with Crippen LogP contribution in [-0.2, 0) is 52.7 Å². The Morgan fingerprint density at radius 3 is 1.73 bits per heavy atom. The molecule has 1 aliphatic heterocycles. The van der Waals surface area contributed by atoms with Crippen molar-refractivity contribution in [2.75, 3.05) is 69.0 Å². The molecule has 1 saturated heterocycles. The van der Waals surface area contributed by atoms with E-state index in [1.165, 1.54) is 73.0 Å². The van der Waals surface area contributed by atoms with E-state index in [4.69, 9.17) is 6.42 Å². The van der Waals surface area contributed by atoms with E-state index in [2.05, 4.69) is 49.8 Å². The van der Waals surface area contributed by atoms with E-state index in [0.717, 1.165) is 50.2 Å². The predicted octanol–water partition coefficient (Wildman–Crippen LogP) is 4.75. The molecule has 0 bridgehead atoms. The summed E-state index contributed by atoms with van der Waals surface area (Å²) in [4.78, 5) is 166. The molecule has 0 aromatic carbocycles. The zero-order valence-corrected chi connectivity index (χ0v) is 57.7. The van der Waals surface area contributed by atoms with Gasteiger partial charge in [0.2, 0.25) is 65.0 Å². The van der Waals surface area contributed by atoms with Gasteiger partial charge in [0.25, 0.3) is 0 Å². The van der Waals surface area contributed by atoms with Crippen molar-refractivity contribution >= 4 is 87.6 Å². The third-order valence-electron chi connectivity index (χ3n) is 18.3. The summed E-state index contributed by atoms with van der Waals surface area (Å²) >= 11 is 2.34. The van der Waals surface area contributed by atoms with E-state index in [1.807, 2.05) is 34.6 Å². The molecule has 22 nitrogen and oxygen atoms in total. The Hall–Kier alpha value is -5.75. The van der Waals surface area contributed by atoms with E-state index in [0.29, 0.717) is 6.42 Å². The largest absolute Gasteiger partial charge is 0.391 e. The lowest BCUT2D eigenvalue weighted by molar-refractivity contribution is -0.184. The van der Waals surface area contributed by atoms with Gasteiger partial charge in [-0.3, -0.25) is 52.7 Å². The molecule has 504 valence electrons. The van der Waals surface area contributed by atoms with Gasteiger partial charge in [0.15, 0.2) is 0 Å². The fourth-order valence-electron chi connectivity index (χ4n) is 11.7. The maximum absolute atomic E-state index is 14.7. The molecule has 2 aliphatic carbocycles. The Kier molecular flexibility index (Phi) is 30.1. The monoisotopic (exact) mass is 1370 g/mol. The molecule has 1 heterocycles. The Morgan fingerprint density at radius 1 is 0.607 bits per heavy atom. The van der Waals surface area contributed by atoms with E-state index in [9.17, 15) is 65.9 Å². The van der Waals surface area contributed by atoms with E-state index >= 15 is 0 Å². The first-order valence-corrected chi connectivity index (χ1v) is 32.7. The molecule has 4 N–H and O–H groups in total. The third kappa shape index (κ3) is 22.6. The van der Waals surface area contributed by atoms with Crippen molar-refractivity contribution < 1.29 is 65.9 Å². The van der Waals surface area contributed by atoms with Crippen molar-refractivity contribution in [1.82, 2.24) is 55.6 Å². The summed E-state index contributed by atoms with van der Waals surface area (Å²) in [5.74, 6) is -7.83. The second-order valence-electron chi connectivity index (χ2n) is 26.7. The molecule has 3 aliphatic rings. The number of carbonyl (C=O) groups is 11. The second-order valence-corrected chi connectivity index (χ2v) is 28.5. The zero-order valence-electron chi connectivity index (χ0n) is 55.5.